The second-order valence-corrected chi connectivity index (χ2v) is 6.61. The fourth-order valence-corrected chi connectivity index (χ4v) is 3.51. The van der Waals surface area contributed by atoms with Gasteiger partial charge in [-0.15, -0.1) is 11.3 Å². The van der Waals surface area contributed by atoms with Crippen molar-refractivity contribution in [1.29, 1.82) is 0 Å². The van der Waals surface area contributed by atoms with Crippen LogP contribution in [0.3, 0.4) is 0 Å². The summed E-state index contributed by atoms with van der Waals surface area (Å²) >= 11 is 1.60. The van der Waals surface area contributed by atoms with E-state index in [1.54, 1.807) is 16.0 Å². The van der Waals surface area contributed by atoms with Gasteiger partial charge in [-0.3, -0.25) is 9.48 Å². The maximum Gasteiger partial charge on any atom is 0.229 e. The summed E-state index contributed by atoms with van der Waals surface area (Å²) in [4.78, 5) is 19.0. The lowest BCUT2D eigenvalue weighted by molar-refractivity contribution is -0.134. The summed E-state index contributed by atoms with van der Waals surface area (Å²) in [6, 6.07) is 2.13. The van der Waals surface area contributed by atoms with Crippen LogP contribution in [-0.2, 0) is 18.3 Å². The van der Waals surface area contributed by atoms with Crippen molar-refractivity contribution in [3.05, 3.63) is 34.0 Å². The number of nitrogens with zero attached hydrogens (tertiary/aromatic N) is 4. The summed E-state index contributed by atoms with van der Waals surface area (Å²) in [6.45, 7) is 2.79. The molecule has 1 atom stereocenters. The molecule has 6 heteroatoms. The molecular formula is C15H20N4OS. The van der Waals surface area contributed by atoms with Crippen molar-refractivity contribution in [2.75, 3.05) is 6.54 Å². The van der Waals surface area contributed by atoms with E-state index in [0.717, 1.165) is 42.2 Å². The molecule has 1 fully saturated rings. The average molecular weight is 304 g/mol. The van der Waals surface area contributed by atoms with Crippen LogP contribution >= 0.6 is 11.3 Å². The van der Waals surface area contributed by atoms with Gasteiger partial charge in [0.15, 0.2) is 0 Å². The van der Waals surface area contributed by atoms with E-state index < -0.39 is 0 Å². The van der Waals surface area contributed by atoms with Gasteiger partial charge in [-0.25, -0.2) is 4.98 Å². The molecule has 0 aromatic carbocycles. The van der Waals surface area contributed by atoms with E-state index in [4.69, 9.17) is 0 Å². The Labute approximate surface area is 128 Å². The summed E-state index contributed by atoms with van der Waals surface area (Å²) in [5.74, 6) is 0.163. The molecule has 0 N–H and O–H groups in total. The predicted molar refractivity (Wildman–Crippen MR) is 82.1 cm³/mol. The first kappa shape index (κ1) is 14.3. The molecule has 1 aliphatic rings. The maximum absolute atomic E-state index is 12.6. The molecule has 2 aromatic rings. The molecule has 3 heterocycles. The average Bonchev–Trinajstić information content (AvgIpc) is 3.07. The van der Waals surface area contributed by atoms with Gasteiger partial charge in [-0.05, 0) is 32.3 Å². The van der Waals surface area contributed by atoms with Gasteiger partial charge in [0.25, 0.3) is 0 Å². The monoisotopic (exact) mass is 304 g/mol. The van der Waals surface area contributed by atoms with Crippen molar-refractivity contribution in [3.8, 4) is 0 Å². The third-order valence-electron chi connectivity index (χ3n) is 3.90. The lowest BCUT2D eigenvalue weighted by atomic mass is 9.99. The molecule has 5 nitrogen and oxygen atoms in total. The fourth-order valence-electron chi connectivity index (χ4n) is 2.89. The van der Waals surface area contributed by atoms with Crippen LogP contribution in [0, 0.1) is 6.92 Å². The molecule has 1 aliphatic heterocycles. The van der Waals surface area contributed by atoms with Crippen molar-refractivity contribution in [2.24, 2.45) is 7.05 Å². The molecule has 112 valence electrons. The third-order valence-corrected chi connectivity index (χ3v) is 4.72. The highest BCUT2D eigenvalue weighted by atomic mass is 32.1. The molecule has 3 rings (SSSR count). The molecule has 0 radical (unpaired) electrons. The minimum absolute atomic E-state index is 0.118. The number of hydrogen-bond acceptors (Lipinski definition) is 4. The highest BCUT2D eigenvalue weighted by Crippen LogP contribution is 2.30. The second kappa shape index (κ2) is 5.97. The van der Waals surface area contributed by atoms with Crippen LogP contribution in [0.4, 0.5) is 0 Å². The molecule has 1 saturated heterocycles. The van der Waals surface area contributed by atoms with Crippen LogP contribution in [0.15, 0.2) is 17.6 Å². The first-order valence-electron chi connectivity index (χ1n) is 7.33. The topological polar surface area (TPSA) is 51.0 Å². The molecule has 0 saturated carbocycles. The Bertz CT molecular complexity index is 633. The standard InChI is InChI=1S/C15H20N4OS/c1-11-16-12(10-21-11)9-15(20)19-7-4-3-5-14(19)13-6-8-18(2)17-13/h6,8,10,14H,3-5,7,9H2,1-2H3. The Morgan fingerprint density at radius 3 is 3.00 bits per heavy atom. The Balaban J connectivity index is 1.75. The van der Waals surface area contributed by atoms with Crippen molar-refractivity contribution >= 4 is 17.2 Å². The quantitative estimate of drug-likeness (QED) is 0.875. The SMILES string of the molecule is Cc1nc(CC(=O)N2CCCCC2c2ccn(C)n2)cs1. The Morgan fingerprint density at radius 2 is 2.33 bits per heavy atom. The molecule has 0 aliphatic carbocycles. The highest BCUT2D eigenvalue weighted by Gasteiger charge is 2.29. The Morgan fingerprint density at radius 1 is 1.48 bits per heavy atom. The lowest BCUT2D eigenvalue weighted by Gasteiger charge is -2.34. The first-order chi connectivity index (χ1) is 10.1. The number of amides is 1. The summed E-state index contributed by atoms with van der Waals surface area (Å²) in [5, 5.41) is 7.48. The predicted octanol–water partition coefficient (Wildman–Crippen LogP) is 2.48. The van der Waals surface area contributed by atoms with Crippen LogP contribution < -0.4 is 0 Å². The largest absolute Gasteiger partial charge is 0.334 e. The van der Waals surface area contributed by atoms with Crippen LogP contribution in [0.25, 0.3) is 0 Å². The number of aryl methyl sites for hydroxylation is 2. The van der Waals surface area contributed by atoms with Gasteiger partial charge in [0.1, 0.15) is 0 Å². The Kier molecular flexibility index (Phi) is 4.05. The van der Waals surface area contributed by atoms with E-state index >= 15 is 0 Å². The number of thiazole rings is 1. The summed E-state index contributed by atoms with van der Waals surface area (Å²) in [5.41, 5.74) is 1.88. The van der Waals surface area contributed by atoms with E-state index in [1.165, 1.54) is 0 Å². The first-order valence-corrected chi connectivity index (χ1v) is 8.21. The number of hydrogen-bond donors (Lipinski definition) is 0. The molecule has 1 amide bonds. The van der Waals surface area contributed by atoms with Gasteiger partial charge in [0.05, 0.1) is 28.9 Å². The van der Waals surface area contributed by atoms with Crippen LogP contribution in [-0.4, -0.2) is 32.1 Å². The molecule has 21 heavy (non-hydrogen) atoms. The molecule has 2 aromatic heterocycles. The van der Waals surface area contributed by atoms with Crippen LogP contribution in [0.5, 0.6) is 0 Å². The lowest BCUT2D eigenvalue weighted by Crippen LogP contribution is -2.39. The number of likely N-dealkylation sites (tertiary alicyclic amines) is 1. The minimum atomic E-state index is 0.118. The zero-order chi connectivity index (χ0) is 14.8. The normalized spacial score (nSPS) is 19.0. The smallest absolute Gasteiger partial charge is 0.229 e. The van der Waals surface area contributed by atoms with E-state index in [1.807, 2.05) is 36.5 Å². The van der Waals surface area contributed by atoms with Crippen LogP contribution in [0.2, 0.25) is 0 Å². The zero-order valence-electron chi connectivity index (χ0n) is 12.5. The van der Waals surface area contributed by atoms with Gasteiger partial charge in [-0.2, -0.15) is 5.10 Å². The van der Waals surface area contributed by atoms with Gasteiger partial charge in [0.2, 0.25) is 5.91 Å². The number of aromatic nitrogens is 3. The van der Waals surface area contributed by atoms with Gasteiger partial charge in [0, 0.05) is 25.2 Å². The second-order valence-electron chi connectivity index (χ2n) is 5.55. The summed E-state index contributed by atoms with van der Waals surface area (Å²) in [6.07, 6.45) is 5.56. The van der Waals surface area contributed by atoms with Crippen LogP contribution in [0.1, 0.15) is 41.7 Å². The zero-order valence-corrected chi connectivity index (χ0v) is 13.3. The summed E-state index contributed by atoms with van der Waals surface area (Å²) < 4.78 is 1.80. The highest BCUT2D eigenvalue weighted by molar-refractivity contribution is 7.09. The van der Waals surface area contributed by atoms with Crippen molar-refractivity contribution in [1.82, 2.24) is 19.7 Å². The molecule has 0 bridgehead atoms. The Hall–Kier alpha value is -1.69. The molecule has 0 spiro atoms. The van der Waals surface area contributed by atoms with Crippen molar-refractivity contribution < 1.29 is 4.79 Å². The summed E-state index contributed by atoms with van der Waals surface area (Å²) in [7, 11) is 1.91. The third kappa shape index (κ3) is 3.15. The van der Waals surface area contributed by atoms with E-state index in [9.17, 15) is 4.79 Å². The number of carbonyl (C=O) groups excluding carboxylic acids is 1. The molecular weight excluding hydrogens is 284 g/mol. The van der Waals surface area contributed by atoms with E-state index in [2.05, 4.69) is 10.1 Å². The number of carbonyl (C=O) groups is 1. The van der Waals surface area contributed by atoms with Gasteiger partial charge >= 0.3 is 0 Å². The van der Waals surface area contributed by atoms with Crippen molar-refractivity contribution in [3.63, 3.8) is 0 Å². The molecule has 1 unspecified atom stereocenters. The van der Waals surface area contributed by atoms with Crippen molar-refractivity contribution in [2.45, 2.75) is 38.6 Å². The van der Waals surface area contributed by atoms with Gasteiger partial charge < -0.3 is 4.90 Å². The number of rotatable bonds is 3. The number of piperidine rings is 1. The van der Waals surface area contributed by atoms with Gasteiger partial charge in [-0.1, -0.05) is 0 Å². The fraction of sp³-hybridized carbons (Fsp3) is 0.533. The van der Waals surface area contributed by atoms with E-state index in [0.29, 0.717) is 6.42 Å². The maximum atomic E-state index is 12.6. The minimum Gasteiger partial charge on any atom is -0.334 e. The van der Waals surface area contributed by atoms with E-state index in [-0.39, 0.29) is 11.9 Å².